The molecule has 0 atom stereocenters. The van der Waals surface area contributed by atoms with E-state index in [1.54, 1.807) is 0 Å². The van der Waals surface area contributed by atoms with Crippen molar-refractivity contribution in [2.45, 2.75) is 32.6 Å². The second kappa shape index (κ2) is 5.87. The van der Waals surface area contributed by atoms with E-state index in [2.05, 4.69) is 5.32 Å². The summed E-state index contributed by atoms with van der Waals surface area (Å²) >= 11 is 0. The maximum absolute atomic E-state index is 13.3. The predicted molar refractivity (Wildman–Crippen MR) is 75.2 cm³/mol. The van der Waals surface area contributed by atoms with Gasteiger partial charge >= 0.3 is 0 Å². The van der Waals surface area contributed by atoms with E-state index >= 15 is 0 Å². The van der Waals surface area contributed by atoms with Gasteiger partial charge in [-0.3, -0.25) is 9.69 Å². The lowest BCUT2D eigenvalue weighted by atomic mass is 10.1. The molecule has 1 saturated heterocycles. The van der Waals surface area contributed by atoms with E-state index in [1.165, 1.54) is 4.90 Å². The third kappa shape index (κ3) is 3.76. The van der Waals surface area contributed by atoms with Gasteiger partial charge in [0.15, 0.2) is 0 Å². The van der Waals surface area contributed by atoms with Crippen LogP contribution < -0.4 is 5.32 Å². The van der Waals surface area contributed by atoms with Crippen LogP contribution in [0, 0.1) is 13.8 Å². The average Bonchev–Trinajstić information content (AvgIpc) is 2.33. The number of hydrogen-bond acceptors (Lipinski definition) is 2. The Morgan fingerprint density at radius 1 is 1.35 bits per heavy atom. The Morgan fingerprint density at radius 2 is 2.00 bits per heavy atom. The van der Waals surface area contributed by atoms with Gasteiger partial charge in [-0.1, -0.05) is 18.2 Å². The van der Waals surface area contributed by atoms with Crippen LogP contribution in [0.1, 0.15) is 24.0 Å². The Bertz CT molecular complexity index is 482. The number of amides is 1. The highest BCUT2D eigenvalue weighted by molar-refractivity contribution is 5.93. The van der Waals surface area contributed by atoms with Gasteiger partial charge in [-0.2, -0.15) is 0 Å². The minimum atomic E-state index is -2.67. The Labute approximate surface area is 118 Å². The molecule has 0 radical (unpaired) electrons. The van der Waals surface area contributed by atoms with E-state index in [-0.39, 0.29) is 25.4 Å². The Morgan fingerprint density at radius 3 is 2.60 bits per heavy atom. The summed E-state index contributed by atoms with van der Waals surface area (Å²) in [7, 11) is 0. The molecule has 1 aromatic carbocycles. The summed E-state index contributed by atoms with van der Waals surface area (Å²) in [5.74, 6) is -2.91. The smallest absolute Gasteiger partial charge is 0.260 e. The number of benzene rings is 1. The van der Waals surface area contributed by atoms with Gasteiger partial charge in [0.2, 0.25) is 5.91 Å². The first-order valence-electron chi connectivity index (χ1n) is 6.84. The van der Waals surface area contributed by atoms with Crippen molar-refractivity contribution < 1.29 is 13.6 Å². The van der Waals surface area contributed by atoms with Crippen molar-refractivity contribution in [1.29, 1.82) is 0 Å². The molecule has 1 aromatic rings. The second-order valence-corrected chi connectivity index (χ2v) is 5.49. The van der Waals surface area contributed by atoms with Crippen molar-refractivity contribution in [1.82, 2.24) is 4.90 Å². The lowest BCUT2D eigenvalue weighted by Gasteiger charge is -2.31. The zero-order valence-corrected chi connectivity index (χ0v) is 11.9. The quantitative estimate of drug-likeness (QED) is 0.924. The summed E-state index contributed by atoms with van der Waals surface area (Å²) in [5.41, 5.74) is 2.73. The van der Waals surface area contributed by atoms with Gasteiger partial charge in [0, 0.05) is 12.1 Å². The number of likely N-dealkylation sites (tertiary alicyclic amines) is 1. The fourth-order valence-corrected chi connectivity index (χ4v) is 2.58. The molecular weight excluding hydrogens is 262 g/mol. The maximum atomic E-state index is 13.3. The first-order chi connectivity index (χ1) is 9.37. The van der Waals surface area contributed by atoms with Crippen molar-refractivity contribution in [3.8, 4) is 0 Å². The lowest BCUT2D eigenvalue weighted by Crippen LogP contribution is -2.45. The predicted octanol–water partition coefficient (Wildman–Crippen LogP) is 2.97. The molecule has 1 aliphatic heterocycles. The van der Waals surface area contributed by atoms with E-state index in [1.807, 2.05) is 32.0 Å². The molecule has 1 N–H and O–H groups in total. The number of carbonyl (C=O) groups is 1. The maximum Gasteiger partial charge on any atom is 0.260 e. The summed E-state index contributed by atoms with van der Waals surface area (Å²) in [4.78, 5) is 13.5. The molecule has 0 bridgehead atoms. The van der Waals surface area contributed by atoms with Crippen LogP contribution in [0.2, 0.25) is 0 Å². The number of alkyl halides is 2. The summed E-state index contributed by atoms with van der Waals surface area (Å²) in [5, 5.41) is 2.83. The minimum absolute atomic E-state index is 0.0172. The molecule has 1 heterocycles. The van der Waals surface area contributed by atoms with Crippen LogP contribution in [-0.4, -0.2) is 36.4 Å². The van der Waals surface area contributed by atoms with Gasteiger partial charge in [-0.25, -0.2) is 8.78 Å². The number of para-hydroxylation sites is 1. The van der Waals surface area contributed by atoms with Crippen molar-refractivity contribution in [2.75, 3.05) is 25.0 Å². The van der Waals surface area contributed by atoms with Gasteiger partial charge in [-0.15, -0.1) is 0 Å². The largest absolute Gasteiger partial charge is 0.324 e. The van der Waals surface area contributed by atoms with Crippen LogP contribution >= 0.6 is 0 Å². The van der Waals surface area contributed by atoms with Crippen LogP contribution in [0.5, 0.6) is 0 Å². The summed E-state index contributed by atoms with van der Waals surface area (Å²) in [6, 6.07) is 5.75. The van der Waals surface area contributed by atoms with Crippen LogP contribution in [0.4, 0.5) is 14.5 Å². The molecule has 5 heteroatoms. The van der Waals surface area contributed by atoms with Crippen LogP contribution in [0.15, 0.2) is 18.2 Å². The molecule has 0 unspecified atom stereocenters. The highest BCUT2D eigenvalue weighted by atomic mass is 19.3. The first kappa shape index (κ1) is 14.9. The summed E-state index contributed by atoms with van der Waals surface area (Å²) < 4.78 is 26.6. The number of nitrogens with one attached hydrogen (secondary N) is 1. The number of rotatable bonds is 3. The third-order valence-electron chi connectivity index (χ3n) is 3.58. The minimum Gasteiger partial charge on any atom is -0.324 e. The summed E-state index contributed by atoms with van der Waals surface area (Å²) in [6.45, 7) is 4.07. The molecule has 110 valence electrons. The number of nitrogens with zero attached hydrogens (tertiary/aromatic N) is 1. The molecule has 2 rings (SSSR count). The van der Waals surface area contributed by atoms with Gasteiger partial charge < -0.3 is 5.32 Å². The van der Waals surface area contributed by atoms with Crippen LogP contribution in [0.25, 0.3) is 0 Å². The normalized spacial score (nSPS) is 18.8. The molecule has 0 spiro atoms. The van der Waals surface area contributed by atoms with E-state index in [0.717, 1.165) is 16.8 Å². The number of halogens is 2. The zero-order valence-electron chi connectivity index (χ0n) is 11.9. The molecule has 0 saturated carbocycles. The van der Waals surface area contributed by atoms with E-state index in [9.17, 15) is 13.6 Å². The lowest BCUT2D eigenvalue weighted by molar-refractivity contribution is -0.120. The fourth-order valence-electron chi connectivity index (χ4n) is 2.58. The van der Waals surface area contributed by atoms with Crippen molar-refractivity contribution in [2.24, 2.45) is 0 Å². The number of piperidine rings is 1. The second-order valence-electron chi connectivity index (χ2n) is 5.49. The molecule has 1 fully saturated rings. The standard InChI is InChI=1S/C15H20F2N2O/c1-11-5-3-6-12(2)14(11)18-13(20)9-19-8-4-7-15(16,17)10-19/h3,5-6H,4,7-10H2,1-2H3,(H,18,20). The zero-order chi connectivity index (χ0) is 14.8. The fraction of sp³-hybridized carbons (Fsp3) is 0.533. The Kier molecular flexibility index (Phi) is 4.38. The van der Waals surface area contributed by atoms with E-state index in [0.29, 0.717) is 13.0 Å². The van der Waals surface area contributed by atoms with E-state index < -0.39 is 5.92 Å². The molecule has 3 nitrogen and oxygen atoms in total. The topological polar surface area (TPSA) is 32.3 Å². The van der Waals surface area contributed by atoms with Gasteiger partial charge in [-0.05, 0) is 37.9 Å². The third-order valence-corrected chi connectivity index (χ3v) is 3.58. The molecule has 20 heavy (non-hydrogen) atoms. The van der Waals surface area contributed by atoms with Crippen LogP contribution in [0.3, 0.4) is 0 Å². The molecular formula is C15H20F2N2O. The van der Waals surface area contributed by atoms with Gasteiger partial charge in [0.1, 0.15) is 0 Å². The monoisotopic (exact) mass is 282 g/mol. The number of anilines is 1. The highest BCUT2D eigenvalue weighted by Crippen LogP contribution is 2.26. The average molecular weight is 282 g/mol. The number of carbonyl (C=O) groups excluding carboxylic acids is 1. The Balaban J connectivity index is 1.96. The van der Waals surface area contributed by atoms with Crippen molar-refractivity contribution >= 4 is 11.6 Å². The van der Waals surface area contributed by atoms with Crippen LogP contribution in [-0.2, 0) is 4.79 Å². The highest BCUT2D eigenvalue weighted by Gasteiger charge is 2.35. The van der Waals surface area contributed by atoms with E-state index in [4.69, 9.17) is 0 Å². The summed E-state index contributed by atoms with van der Waals surface area (Å²) in [6.07, 6.45) is 0.353. The number of hydrogen-bond donors (Lipinski definition) is 1. The molecule has 0 aliphatic carbocycles. The Hall–Kier alpha value is -1.49. The first-order valence-corrected chi connectivity index (χ1v) is 6.84. The SMILES string of the molecule is Cc1cccc(C)c1NC(=O)CN1CCCC(F)(F)C1. The van der Waals surface area contributed by atoms with Crippen molar-refractivity contribution in [3.63, 3.8) is 0 Å². The molecule has 1 amide bonds. The molecule has 0 aromatic heterocycles. The van der Waals surface area contributed by atoms with Gasteiger partial charge in [0.05, 0.1) is 13.1 Å². The van der Waals surface area contributed by atoms with Crippen molar-refractivity contribution in [3.05, 3.63) is 29.3 Å². The molecule has 1 aliphatic rings. The number of aryl methyl sites for hydroxylation is 2. The van der Waals surface area contributed by atoms with Gasteiger partial charge in [0.25, 0.3) is 5.92 Å².